The van der Waals surface area contributed by atoms with Gasteiger partial charge in [-0.2, -0.15) is 0 Å². The Morgan fingerprint density at radius 1 is 1.48 bits per heavy atom. The molecule has 0 aliphatic heterocycles. The van der Waals surface area contributed by atoms with Gasteiger partial charge in [0.25, 0.3) is 0 Å². The van der Waals surface area contributed by atoms with Crippen molar-refractivity contribution in [2.24, 2.45) is 0 Å². The highest BCUT2D eigenvalue weighted by Gasteiger charge is 2.15. The Balaban J connectivity index is 1.83. The number of methoxy groups -OCH3 is 1. The predicted molar refractivity (Wildman–Crippen MR) is 82.4 cm³/mol. The molecule has 0 saturated carbocycles. The monoisotopic (exact) mass is 308 g/mol. The van der Waals surface area contributed by atoms with Crippen LogP contribution in [-0.4, -0.2) is 31.6 Å². The maximum atomic E-state index is 12.1. The number of urea groups is 1. The number of nitrogens with zero attached hydrogens (tertiary/aromatic N) is 1. The van der Waals surface area contributed by atoms with Crippen LogP contribution in [0.1, 0.15) is 22.5 Å². The highest BCUT2D eigenvalue weighted by atomic mass is 32.1. The van der Waals surface area contributed by atoms with Gasteiger partial charge in [-0.1, -0.05) is 6.07 Å². The highest BCUT2D eigenvalue weighted by Crippen LogP contribution is 2.21. The number of ether oxygens (including phenoxy) is 1. The molecule has 114 valence electrons. The Morgan fingerprint density at radius 2 is 2.29 bits per heavy atom. The van der Waals surface area contributed by atoms with Crippen molar-refractivity contribution >= 4 is 17.4 Å². The number of carbonyl (C=O) groups is 1. The first kappa shape index (κ1) is 15.6. The molecule has 0 radical (unpaired) electrons. The molecule has 2 rings (SSSR count). The van der Waals surface area contributed by atoms with E-state index in [4.69, 9.17) is 9.15 Å². The van der Waals surface area contributed by atoms with Crippen LogP contribution in [0.3, 0.4) is 0 Å². The van der Waals surface area contributed by atoms with Crippen molar-refractivity contribution in [1.29, 1.82) is 0 Å². The van der Waals surface area contributed by atoms with Crippen molar-refractivity contribution in [3.63, 3.8) is 0 Å². The number of aryl methyl sites for hydroxylation is 1. The first-order chi connectivity index (χ1) is 10.1. The number of hydrogen-bond acceptors (Lipinski definition) is 4. The fraction of sp³-hybridized carbons (Fsp3) is 0.400. The topological polar surface area (TPSA) is 54.7 Å². The molecule has 21 heavy (non-hydrogen) atoms. The number of furan rings is 1. The van der Waals surface area contributed by atoms with Crippen LogP contribution < -0.4 is 5.32 Å². The average Bonchev–Trinajstić information content (AvgIpc) is 3.11. The molecule has 0 spiro atoms. The fourth-order valence-electron chi connectivity index (χ4n) is 1.97. The summed E-state index contributed by atoms with van der Waals surface area (Å²) in [5.74, 6) is 1.61. The lowest BCUT2D eigenvalue weighted by Crippen LogP contribution is -2.38. The first-order valence-electron chi connectivity index (χ1n) is 6.70. The van der Waals surface area contributed by atoms with Crippen LogP contribution in [0.5, 0.6) is 0 Å². The van der Waals surface area contributed by atoms with Gasteiger partial charge in [-0.3, -0.25) is 0 Å². The summed E-state index contributed by atoms with van der Waals surface area (Å²) in [5, 5.41) is 4.87. The molecule has 0 saturated heterocycles. The minimum atomic E-state index is -0.150. The molecule has 2 heterocycles. The summed E-state index contributed by atoms with van der Waals surface area (Å²) in [6.07, 6.45) is -0.117. The van der Waals surface area contributed by atoms with Gasteiger partial charge < -0.3 is 19.4 Å². The number of thiophene rings is 1. The smallest absolute Gasteiger partial charge is 0.317 e. The molecule has 5 nitrogen and oxygen atoms in total. The lowest BCUT2D eigenvalue weighted by Gasteiger charge is -2.19. The van der Waals surface area contributed by atoms with E-state index in [0.717, 1.165) is 16.4 Å². The zero-order valence-electron chi connectivity index (χ0n) is 12.5. The van der Waals surface area contributed by atoms with Crippen molar-refractivity contribution in [1.82, 2.24) is 10.2 Å². The largest absolute Gasteiger partial charge is 0.464 e. The maximum Gasteiger partial charge on any atom is 0.317 e. The lowest BCUT2D eigenvalue weighted by atomic mass is 10.3. The van der Waals surface area contributed by atoms with Gasteiger partial charge in [0.15, 0.2) is 0 Å². The van der Waals surface area contributed by atoms with Gasteiger partial charge in [0, 0.05) is 19.0 Å². The molecule has 0 bridgehead atoms. The lowest BCUT2D eigenvalue weighted by molar-refractivity contribution is 0.104. The van der Waals surface area contributed by atoms with E-state index in [-0.39, 0.29) is 12.1 Å². The first-order valence-corrected chi connectivity index (χ1v) is 7.58. The van der Waals surface area contributed by atoms with E-state index >= 15 is 0 Å². The predicted octanol–water partition coefficient (Wildman–Crippen LogP) is 3.18. The van der Waals surface area contributed by atoms with Gasteiger partial charge in [-0.05, 0) is 30.5 Å². The quantitative estimate of drug-likeness (QED) is 0.891. The molecular formula is C15H20N2O3S. The number of rotatable bonds is 6. The van der Waals surface area contributed by atoms with Crippen molar-refractivity contribution in [3.8, 4) is 0 Å². The number of carbonyl (C=O) groups excluding carboxylic acids is 1. The second-order valence-electron chi connectivity index (χ2n) is 4.79. The van der Waals surface area contributed by atoms with E-state index in [1.807, 2.05) is 36.6 Å². The van der Waals surface area contributed by atoms with Gasteiger partial charge >= 0.3 is 6.03 Å². The number of hydrogen-bond donors (Lipinski definition) is 1. The highest BCUT2D eigenvalue weighted by molar-refractivity contribution is 7.10. The fourth-order valence-corrected chi connectivity index (χ4v) is 2.77. The summed E-state index contributed by atoms with van der Waals surface area (Å²) in [4.78, 5) is 14.7. The molecule has 6 heteroatoms. The van der Waals surface area contributed by atoms with Gasteiger partial charge in [0.05, 0.1) is 13.1 Å². The number of amides is 2. The molecule has 0 aliphatic rings. The van der Waals surface area contributed by atoms with Gasteiger partial charge in [0.1, 0.15) is 17.6 Å². The molecule has 1 atom stereocenters. The second-order valence-corrected chi connectivity index (χ2v) is 5.77. The van der Waals surface area contributed by atoms with Crippen LogP contribution in [0, 0.1) is 6.92 Å². The van der Waals surface area contributed by atoms with E-state index in [9.17, 15) is 4.79 Å². The molecule has 0 aliphatic carbocycles. The van der Waals surface area contributed by atoms with E-state index in [0.29, 0.717) is 13.1 Å². The molecule has 0 fully saturated rings. The summed E-state index contributed by atoms with van der Waals surface area (Å²) in [6.45, 7) is 2.77. The molecule has 2 aromatic heterocycles. The maximum absolute atomic E-state index is 12.1. The Morgan fingerprint density at radius 3 is 2.86 bits per heavy atom. The Kier molecular flexibility index (Phi) is 5.41. The Hall–Kier alpha value is -1.79. The minimum Gasteiger partial charge on any atom is -0.464 e. The zero-order chi connectivity index (χ0) is 15.2. The average molecular weight is 308 g/mol. The van der Waals surface area contributed by atoms with E-state index in [2.05, 4.69) is 5.32 Å². The van der Waals surface area contributed by atoms with Gasteiger partial charge in [-0.25, -0.2) is 4.79 Å². The molecular weight excluding hydrogens is 288 g/mol. The van der Waals surface area contributed by atoms with Gasteiger partial charge in [0.2, 0.25) is 0 Å². The number of nitrogens with one attached hydrogen (secondary N) is 1. The van der Waals surface area contributed by atoms with Crippen molar-refractivity contribution < 1.29 is 13.9 Å². The van der Waals surface area contributed by atoms with E-state index in [1.165, 1.54) is 0 Å². The van der Waals surface area contributed by atoms with Crippen molar-refractivity contribution in [2.45, 2.75) is 19.6 Å². The van der Waals surface area contributed by atoms with E-state index < -0.39 is 0 Å². The van der Waals surface area contributed by atoms with Gasteiger partial charge in [-0.15, -0.1) is 11.3 Å². The standard InChI is InChI=1S/C15H20N2O3S/c1-11-6-7-12(20-11)10-17(2)15(18)16-9-13(19-3)14-5-4-8-21-14/h4-8,13H,9-10H2,1-3H3,(H,16,18). The normalized spacial score (nSPS) is 12.1. The molecule has 1 N–H and O–H groups in total. The van der Waals surface area contributed by atoms with Crippen LogP contribution in [0.2, 0.25) is 0 Å². The SMILES string of the molecule is COC(CNC(=O)N(C)Cc1ccc(C)o1)c1cccs1. The summed E-state index contributed by atoms with van der Waals surface area (Å²) in [7, 11) is 3.38. The summed E-state index contributed by atoms with van der Waals surface area (Å²) in [5.41, 5.74) is 0. The summed E-state index contributed by atoms with van der Waals surface area (Å²) >= 11 is 1.62. The summed E-state index contributed by atoms with van der Waals surface area (Å²) in [6, 6.07) is 7.59. The van der Waals surface area contributed by atoms with Crippen molar-refractivity contribution in [3.05, 3.63) is 46.0 Å². The zero-order valence-corrected chi connectivity index (χ0v) is 13.3. The van der Waals surface area contributed by atoms with Crippen molar-refractivity contribution in [2.75, 3.05) is 20.7 Å². The van der Waals surface area contributed by atoms with E-state index in [1.54, 1.807) is 30.4 Å². The molecule has 0 aromatic carbocycles. The summed E-state index contributed by atoms with van der Waals surface area (Å²) < 4.78 is 10.9. The minimum absolute atomic E-state index is 0.117. The van der Waals surface area contributed by atoms with Crippen LogP contribution in [0.15, 0.2) is 34.1 Å². The molecule has 1 unspecified atom stereocenters. The molecule has 2 aromatic rings. The third-order valence-electron chi connectivity index (χ3n) is 3.12. The van der Waals surface area contributed by atoms with Crippen LogP contribution in [0.25, 0.3) is 0 Å². The van der Waals surface area contributed by atoms with Crippen LogP contribution >= 0.6 is 11.3 Å². The van der Waals surface area contributed by atoms with Crippen LogP contribution in [-0.2, 0) is 11.3 Å². The third-order valence-corrected chi connectivity index (χ3v) is 4.08. The molecule has 2 amide bonds. The third kappa shape index (κ3) is 4.34. The Labute approximate surface area is 128 Å². The second kappa shape index (κ2) is 7.28. The Bertz CT molecular complexity index is 565. The van der Waals surface area contributed by atoms with Crippen LogP contribution in [0.4, 0.5) is 4.79 Å².